The molecule has 6 nitrogen and oxygen atoms in total. The molecule has 3 aromatic rings. The lowest BCUT2D eigenvalue weighted by Gasteiger charge is -2.36. The van der Waals surface area contributed by atoms with Crippen LogP contribution in [-0.4, -0.2) is 38.9 Å². The summed E-state index contributed by atoms with van der Waals surface area (Å²) in [7, 11) is -3.64. The molecule has 2 heterocycles. The van der Waals surface area contributed by atoms with Crippen molar-refractivity contribution in [3.63, 3.8) is 0 Å². The number of anilines is 1. The van der Waals surface area contributed by atoms with Crippen molar-refractivity contribution in [3.8, 4) is 0 Å². The van der Waals surface area contributed by atoms with E-state index in [1.165, 1.54) is 22.0 Å². The van der Waals surface area contributed by atoms with Crippen molar-refractivity contribution < 1.29 is 12.8 Å². The summed E-state index contributed by atoms with van der Waals surface area (Å²) >= 11 is 0. The number of hydrogen-bond donors (Lipinski definition) is 0. The van der Waals surface area contributed by atoms with Crippen molar-refractivity contribution in [2.45, 2.75) is 11.8 Å². The van der Waals surface area contributed by atoms with E-state index in [0.29, 0.717) is 31.6 Å². The molecule has 1 aliphatic heterocycles. The van der Waals surface area contributed by atoms with Gasteiger partial charge in [-0.15, -0.1) is 0 Å². The topological polar surface area (TPSA) is 70.8 Å². The summed E-state index contributed by atoms with van der Waals surface area (Å²) < 4.78 is 32.6. The number of hydrogen-bond acceptors (Lipinski definition) is 5. The van der Waals surface area contributed by atoms with Gasteiger partial charge in [-0.05, 0) is 36.8 Å². The van der Waals surface area contributed by atoms with E-state index in [9.17, 15) is 13.2 Å². The van der Waals surface area contributed by atoms with Gasteiger partial charge in [-0.25, -0.2) is 13.2 Å². The lowest BCUT2D eigenvalue weighted by atomic mass is 10.1. The number of sulfonamides is 1. The van der Waals surface area contributed by atoms with E-state index in [1.807, 2.05) is 12.1 Å². The molecule has 0 atom stereocenters. The van der Waals surface area contributed by atoms with E-state index < -0.39 is 15.6 Å². The molecule has 0 aliphatic carbocycles. The Labute approximate surface area is 157 Å². The quantitative estimate of drug-likeness (QED) is 0.649. The number of para-hydroxylation sites is 1. The Morgan fingerprint density at radius 2 is 1.63 bits per heavy atom. The van der Waals surface area contributed by atoms with Crippen molar-refractivity contribution in [3.05, 3.63) is 70.6 Å². The van der Waals surface area contributed by atoms with Crippen LogP contribution in [0.1, 0.15) is 5.56 Å². The van der Waals surface area contributed by atoms with E-state index >= 15 is 0 Å². The predicted octanol–water partition coefficient (Wildman–Crippen LogP) is 2.61. The van der Waals surface area contributed by atoms with Gasteiger partial charge in [0.05, 0.1) is 4.90 Å². The van der Waals surface area contributed by atoms with Crippen LogP contribution in [0.3, 0.4) is 0 Å². The minimum atomic E-state index is -3.64. The molecular weight excluding hydrogens is 364 g/mol. The first-order chi connectivity index (χ1) is 12.9. The molecule has 0 spiro atoms. The third-order valence-electron chi connectivity index (χ3n) is 4.93. The molecule has 1 saturated heterocycles. The zero-order valence-electron chi connectivity index (χ0n) is 15.0. The molecule has 0 N–H and O–H groups in total. The van der Waals surface area contributed by atoms with E-state index in [2.05, 4.69) is 24.0 Å². The Hall–Kier alpha value is -2.64. The van der Waals surface area contributed by atoms with Gasteiger partial charge in [0.15, 0.2) is 0 Å². The standard InChI is InChI=1S/C20H20N2O4S/c1-15-4-2-3-5-18(15)21-10-12-22(13-11-21)27(24,25)17-8-6-16-7-9-20(23)26-19(16)14-17/h2-9,14H,10-13H2,1H3. The third kappa shape index (κ3) is 3.36. The molecular formula is C20H20N2O4S. The lowest BCUT2D eigenvalue weighted by Crippen LogP contribution is -2.48. The van der Waals surface area contributed by atoms with Gasteiger partial charge in [0, 0.05) is 49.4 Å². The summed E-state index contributed by atoms with van der Waals surface area (Å²) in [5.74, 6) is 0. The highest BCUT2D eigenvalue weighted by Gasteiger charge is 2.29. The van der Waals surface area contributed by atoms with Gasteiger partial charge >= 0.3 is 5.63 Å². The highest BCUT2D eigenvalue weighted by molar-refractivity contribution is 7.89. The summed E-state index contributed by atoms with van der Waals surface area (Å²) in [5.41, 5.74) is 2.10. The van der Waals surface area contributed by atoms with Gasteiger partial charge in [-0.3, -0.25) is 0 Å². The van der Waals surface area contributed by atoms with Gasteiger partial charge in [-0.2, -0.15) is 4.31 Å². The monoisotopic (exact) mass is 384 g/mol. The maximum Gasteiger partial charge on any atom is 0.336 e. The van der Waals surface area contributed by atoms with Crippen LogP contribution in [0, 0.1) is 6.92 Å². The Balaban J connectivity index is 1.57. The Morgan fingerprint density at radius 1 is 0.926 bits per heavy atom. The second-order valence-corrected chi connectivity index (χ2v) is 8.57. The first-order valence-electron chi connectivity index (χ1n) is 8.80. The molecule has 0 saturated carbocycles. The Morgan fingerprint density at radius 3 is 2.37 bits per heavy atom. The normalized spacial score (nSPS) is 16.0. The van der Waals surface area contributed by atoms with Crippen LogP contribution in [0.2, 0.25) is 0 Å². The minimum Gasteiger partial charge on any atom is -0.423 e. The second-order valence-electron chi connectivity index (χ2n) is 6.63. The summed E-state index contributed by atoms with van der Waals surface area (Å²) in [6.45, 7) is 4.14. The first kappa shape index (κ1) is 17.8. The summed E-state index contributed by atoms with van der Waals surface area (Å²) in [5, 5.41) is 0.693. The van der Waals surface area contributed by atoms with Crippen molar-refractivity contribution >= 4 is 26.7 Å². The summed E-state index contributed by atoms with van der Waals surface area (Å²) in [6.07, 6.45) is 0. The SMILES string of the molecule is Cc1ccccc1N1CCN(S(=O)(=O)c2ccc3ccc(=O)oc3c2)CC1. The summed E-state index contributed by atoms with van der Waals surface area (Å²) in [4.78, 5) is 13.8. The number of aryl methyl sites for hydroxylation is 1. The van der Waals surface area contributed by atoms with Gasteiger partial charge < -0.3 is 9.32 Å². The van der Waals surface area contributed by atoms with Gasteiger partial charge in [-0.1, -0.05) is 18.2 Å². The van der Waals surface area contributed by atoms with Crippen molar-refractivity contribution in [2.24, 2.45) is 0 Å². The average Bonchev–Trinajstić information content (AvgIpc) is 2.68. The first-order valence-corrected chi connectivity index (χ1v) is 10.2. The number of nitrogens with zero attached hydrogens (tertiary/aromatic N) is 2. The molecule has 0 unspecified atom stereocenters. The van der Waals surface area contributed by atoms with Gasteiger partial charge in [0.2, 0.25) is 10.0 Å². The number of benzene rings is 2. The molecule has 1 fully saturated rings. The number of piperazine rings is 1. The molecule has 27 heavy (non-hydrogen) atoms. The molecule has 1 aromatic heterocycles. The minimum absolute atomic E-state index is 0.147. The molecule has 7 heteroatoms. The molecule has 0 bridgehead atoms. The highest BCUT2D eigenvalue weighted by atomic mass is 32.2. The average molecular weight is 384 g/mol. The zero-order chi connectivity index (χ0) is 19.0. The van der Waals surface area contributed by atoms with E-state index in [0.717, 1.165) is 5.69 Å². The molecule has 140 valence electrons. The van der Waals surface area contributed by atoms with Crippen LogP contribution in [0.25, 0.3) is 11.0 Å². The van der Waals surface area contributed by atoms with Crippen LogP contribution in [-0.2, 0) is 10.0 Å². The molecule has 0 radical (unpaired) electrons. The van der Waals surface area contributed by atoms with Crippen LogP contribution >= 0.6 is 0 Å². The Bertz CT molecular complexity index is 1150. The van der Waals surface area contributed by atoms with Gasteiger partial charge in [0.25, 0.3) is 0 Å². The largest absolute Gasteiger partial charge is 0.423 e. The van der Waals surface area contributed by atoms with Crippen molar-refractivity contribution in [1.29, 1.82) is 0 Å². The maximum absolute atomic E-state index is 13.0. The highest BCUT2D eigenvalue weighted by Crippen LogP contribution is 2.25. The molecule has 4 rings (SSSR count). The van der Waals surface area contributed by atoms with Crippen molar-refractivity contribution in [2.75, 3.05) is 31.1 Å². The Kier molecular flexibility index (Phi) is 4.49. The van der Waals surface area contributed by atoms with Crippen molar-refractivity contribution in [1.82, 2.24) is 4.31 Å². The van der Waals surface area contributed by atoms with Gasteiger partial charge in [0.1, 0.15) is 5.58 Å². The maximum atomic E-state index is 13.0. The molecule has 1 aliphatic rings. The van der Waals surface area contributed by atoms with E-state index in [1.54, 1.807) is 18.2 Å². The van der Waals surface area contributed by atoms with E-state index in [4.69, 9.17) is 4.42 Å². The smallest absolute Gasteiger partial charge is 0.336 e. The fourth-order valence-electron chi connectivity index (χ4n) is 3.44. The third-order valence-corrected chi connectivity index (χ3v) is 6.82. The second kappa shape index (κ2) is 6.83. The lowest BCUT2D eigenvalue weighted by molar-refractivity contribution is 0.384. The fourth-order valence-corrected chi connectivity index (χ4v) is 4.88. The molecule has 0 amide bonds. The van der Waals surface area contributed by atoms with Crippen LogP contribution in [0.5, 0.6) is 0 Å². The van der Waals surface area contributed by atoms with Crippen LogP contribution < -0.4 is 10.5 Å². The van der Waals surface area contributed by atoms with Crippen LogP contribution in [0.15, 0.2) is 68.7 Å². The van der Waals surface area contributed by atoms with E-state index in [-0.39, 0.29) is 10.5 Å². The zero-order valence-corrected chi connectivity index (χ0v) is 15.8. The van der Waals surface area contributed by atoms with Crippen LogP contribution in [0.4, 0.5) is 5.69 Å². The predicted molar refractivity (Wildman–Crippen MR) is 105 cm³/mol. The number of rotatable bonds is 3. The summed E-state index contributed by atoms with van der Waals surface area (Å²) in [6, 6.07) is 15.7. The fraction of sp³-hybridized carbons (Fsp3) is 0.250. The molecule has 2 aromatic carbocycles. The number of fused-ring (bicyclic) bond motifs is 1.